The van der Waals surface area contributed by atoms with Crippen LogP contribution in [0.25, 0.3) is 0 Å². The largest absolute Gasteiger partial charge is 0.457 e. The van der Waals surface area contributed by atoms with E-state index >= 15 is 0 Å². The van der Waals surface area contributed by atoms with Crippen LogP contribution in [0.1, 0.15) is 24.0 Å². The van der Waals surface area contributed by atoms with Crippen molar-refractivity contribution in [2.45, 2.75) is 18.9 Å². The van der Waals surface area contributed by atoms with Crippen molar-refractivity contribution in [1.82, 2.24) is 24.7 Å². The van der Waals surface area contributed by atoms with Crippen LogP contribution < -0.4 is 15.8 Å². The molecule has 0 bridgehead atoms. The topological polar surface area (TPSA) is 124 Å². The van der Waals surface area contributed by atoms with E-state index in [9.17, 15) is 4.79 Å². The number of nitrogens with one attached hydrogen (secondary N) is 2. The molecule has 1 aromatic heterocycles. The Kier molecular flexibility index (Phi) is 8.33. The lowest BCUT2D eigenvalue weighted by Gasteiger charge is -2.37. The number of benzene rings is 2. The lowest BCUT2D eigenvalue weighted by molar-refractivity contribution is -0.133. The summed E-state index contributed by atoms with van der Waals surface area (Å²) in [7, 11) is 2.11. The third kappa shape index (κ3) is 6.71. The highest BCUT2D eigenvalue weighted by Gasteiger charge is 2.27. The Balaban J connectivity index is 1.24. The van der Waals surface area contributed by atoms with Crippen LogP contribution in [0.15, 0.2) is 60.9 Å². The Hall–Kier alpha value is -4.02. The van der Waals surface area contributed by atoms with Gasteiger partial charge < -0.3 is 25.6 Å². The standard InChI is InChI=1S/C29H36N8O2/c1-35-14-16-36(17-15-35)19-25(38)37-13-5-6-22(18-37)34-29-26(28(31)32-20-33-29)27(30)21-9-11-24(12-10-21)39-23-7-3-2-4-8-23/h2-4,7-12,20,22,30H,5-6,13-19H2,1H3,(H3,31,32,33,34)/t22-/m1/s1. The molecule has 3 aromatic rings. The van der Waals surface area contributed by atoms with Crippen molar-refractivity contribution in [3.8, 4) is 11.5 Å². The van der Waals surface area contributed by atoms with Gasteiger partial charge in [0.15, 0.2) is 0 Å². The van der Waals surface area contributed by atoms with Gasteiger partial charge in [-0.25, -0.2) is 9.97 Å². The third-order valence-electron chi connectivity index (χ3n) is 7.32. The maximum Gasteiger partial charge on any atom is 0.236 e. The number of nitrogens with two attached hydrogens (primary N) is 1. The molecule has 204 valence electrons. The maximum atomic E-state index is 13.1. The molecule has 1 atom stereocenters. The lowest BCUT2D eigenvalue weighted by atomic mass is 10.0. The van der Waals surface area contributed by atoms with Gasteiger partial charge in [0.1, 0.15) is 29.5 Å². The normalized spacial score (nSPS) is 18.5. The Morgan fingerprint density at radius 1 is 1.03 bits per heavy atom. The van der Waals surface area contributed by atoms with Crippen LogP contribution in [0.5, 0.6) is 11.5 Å². The van der Waals surface area contributed by atoms with Crippen LogP contribution in [-0.4, -0.2) is 95.2 Å². The van der Waals surface area contributed by atoms with Crippen molar-refractivity contribution in [3.63, 3.8) is 0 Å². The zero-order chi connectivity index (χ0) is 27.2. The second kappa shape index (κ2) is 12.2. The van der Waals surface area contributed by atoms with Crippen molar-refractivity contribution >= 4 is 23.3 Å². The van der Waals surface area contributed by atoms with Crippen LogP contribution in [0, 0.1) is 5.41 Å². The molecule has 2 fully saturated rings. The number of hydrogen-bond acceptors (Lipinski definition) is 9. The first kappa shape index (κ1) is 26.6. The first-order chi connectivity index (χ1) is 19.0. The predicted molar refractivity (Wildman–Crippen MR) is 152 cm³/mol. The highest BCUT2D eigenvalue weighted by molar-refractivity contribution is 6.16. The van der Waals surface area contributed by atoms with Gasteiger partial charge >= 0.3 is 0 Å². The van der Waals surface area contributed by atoms with Gasteiger partial charge in [0.05, 0.1) is 17.8 Å². The zero-order valence-corrected chi connectivity index (χ0v) is 22.3. The molecule has 1 amide bonds. The van der Waals surface area contributed by atoms with Gasteiger partial charge in [0.25, 0.3) is 0 Å². The van der Waals surface area contributed by atoms with E-state index in [1.54, 1.807) is 0 Å². The maximum absolute atomic E-state index is 13.1. The van der Waals surface area contributed by atoms with E-state index in [0.29, 0.717) is 35.8 Å². The Morgan fingerprint density at radius 3 is 2.49 bits per heavy atom. The van der Waals surface area contributed by atoms with Gasteiger partial charge in [0, 0.05) is 50.9 Å². The molecule has 2 aromatic carbocycles. The fraction of sp³-hybridized carbons (Fsp3) is 0.379. The van der Waals surface area contributed by atoms with E-state index in [1.807, 2.05) is 59.5 Å². The van der Waals surface area contributed by atoms with Crippen LogP contribution in [-0.2, 0) is 4.79 Å². The fourth-order valence-corrected chi connectivity index (χ4v) is 5.03. The molecule has 4 N–H and O–H groups in total. The third-order valence-corrected chi connectivity index (χ3v) is 7.32. The van der Waals surface area contributed by atoms with Crippen LogP contribution in [0.4, 0.5) is 11.6 Å². The molecular formula is C29H36N8O2. The van der Waals surface area contributed by atoms with Crippen molar-refractivity contribution in [2.24, 2.45) is 0 Å². The number of nitrogens with zero attached hydrogens (tertiary/aromatic N) is 5. The Labute approximate surface area is 229 Å². The molecule has 0 spiro atoms. The number of amides is 1. The molecule has 10 nitrogen and oxygen atoms in total. The number of nitrogen functional groups attached to an aromatic ring is 1. The quantitative estimate of drug-likeness (QED) is 0.382. The fourth-order valence-electron chi connectivity index (χ4n) is 5.03. The predicted octanol–water partition coefficient (Wildman–Crippen LogP) is 2.92. The van der Waals surface area contributed by atoms with Gasteiger partial charge in [-0.15, -0.1) is 0 Å². The number of likely N-dealkylation sites (tertiary alicyclic amines) is 1. The summed E-state index contributed by atoms with van der Waals surface area (Å²) in [5.74, 6) is 2.34. The number of piperidine rings is 1. The summed E-state index contributed by atoms with van der Waals surface area (Å²) in [6.07, 6.45) is 3.22. The number of anilines is 2. The smallest absolute Gasteiger partial charge is 0.236 e. The number of hydrogen-bond donors (Lipinski definition) is 3. The molecule has 0 saturated carbocycles. The molecule has 5 rings (SSSR count). The number of ether oxygens (including phenoxy) is 1. The van der Waals surface area contributed by atoms with Crippen LogP contribution >= 0.6 is 0 Å². The van der Waals surface area contributed by atoms with Gasteiger partial charge in [-0.3, -0.25) is 15.1 Å². The number of carbonyl (C=O) groups is 1. The molecule has 0 radical (unpaired) electrons. The molecule has 10 heteroatoms. The molecule has 39 heavy (non-hydrogen) atoms. The highest BCUT2D eigenvalue weighted by Crippen LogP contribution is 2.26. The summed E-state index contributed by atoms with van der Waals surface area (Å²) in [5, 5.41) is 12.4. The molecule has 2 saturated heterocycles. The number of piperazine rings is 1. The SMILES string of the molecule is CN1CCN(CC(=O)N2CCC[C@@H](Nc3ncnc(N)c3C(=N)c3ccc(Oc4ccccc4)cc3)C2)CC1. The van der Waals surface area contributed by atoms with Gasteiger partial charge in [0.2, 0.25) is 5.91 Å². The van der Waals surface area contributed by atoms with Gasteiger partial charge in [-0.1, -0.05) is 18.2 Å². The second-order valence-corrected chi connectivity index (χ2v) is 10.2. The summed E-state index contributed by atoms with van der Waals surface area (Å²) >= 11 is 0. The number of likely N-dealkylation sites (N-methyl/N-ethyl adjacent to an activating group) is 1. The van der Waals surface area contributed by atoms with Crippen molar-refractivity contribution in [3.05, 3.63) is 72.1 Å². The van der Waals surface area contributed by atoms with Crippen molar-refractivity contribution in [2.75, 3.05) is 63.9 Å². The minimum Gasteiger partial charge on any atom is -0.457 e. The van der Waals surface area contributed by atoms with E-state index in [2.05, 4.69) is 32.1 Å². The Morgan fingerprint density at radius 2 is 1.74 bits per heavy atom. The number of aromatic nitrogens is 2. The molecule has 3 heterocycles. The minimum absolute atomic E-state index is 0.0117. The highest BCUT2D eigenvalue weighted by atomic mass is 16.5. The second-order valence-electron chi connectivity index (χ2n) is 10.2. The molecule has 2 aliphatic heterocycles. The van der Waals surface area contributed by atoms with E-state index in [-0.39, 0.29) is 23.5 Å². The summed E-state index contributed by atoms with van der Waals surface area (Å²) in [4.78, 5) is 28.1. The van der Waals surface area contributed by atoms with E-state index in [1.165, 1.54) is 6.33 Å². The van der Waals surface area contributed by atoms with E-state index < -0.39 is 0 Å². The molecule has 0 aliphatic carbocycles. The summed E-state index contributed by atoms with van der Waals surface area (Å²) in [5.41, 5.74) is 7.61. The first-order valence-electron chi connectivity index (χ1n) is 13.4. The number of para-hydroxylation sites is 1. The molecular weight excluding hydrogens is 492 g/mol. The van der Waals surface area contributed by atoms with Crippen LogP contribution in [0.3, 0.4) is 0 Å². The van der Waals surface area contributed by atoms with Gasteiger partial charge in [-0.2, -0.15) is 0 Å². The van der Waals surface area contributed by atoms with Crippen molar-refractivity contribution in [1.29, 1.82) is 5.41 Å². The molecule has 2 aliphatic rings. The average molecular weight is 529 g/mol. The summed E-state index contributed by atoms with van der Waals surface area (Å²) in [6, 6.07) is 16.9. The minimum atomic E-state index is 0.0117. The van der Waals surface area contributed by atoms with Gasteiger partial charge in [-0.05, 0) is 56.3 Å². The zero-order valence-electron chi connectivity index (χ0n) is 22.3. The average Bonchev–Trinajstić information content (AvgIpc) is 2.95. The summed E-state index contributed by atoms with van der Waals surface area (Å²) < 4.78 is 5.88. The monoisotopic (exact) mass is 528 g/mol. The molecule has 0 unspecified atom stereocenters. The van der Waals surface area contributed by atoms with E-state index in [4.69, 9.17) is 15.9 Å². The summed E-state index contributed by atoms with van der Waals surface area (Å²) in [6.45, 7) is 5.63. The van der Waals surface area contributed by atoms with Crippen LogP contribution in [0.2, 0.25) is 0 Å². The Bertz CT molecular complexity index is 1280. The first-order valence-corrected chi connectivity index (χ1v) is 13.4. The van der Waals surface area contributed by atoms with E-state index in [0.717, 1.165) is 51.3 Å². The van der Waals surface area contributed by atoms with Crippen molar-refractivity contribution < 1.29 is 9.53 Å². The lowest BCUT2D eigenvalue weighted by Crippen LogP contribution is -2.52. The number of rotatable bonds is 8. The number of carbonyl (C=O) groups excluding carboxylic acids is 1.